The van der Waals surface area contributed by atoms with Gasteiger partial charge >= 0.3 is 0 Å². The van der Waals surface area contributed by atoms with Gasteiger partial charge in [0.1, 0.15) is 0 Å². The summed E-state index contributed by atoms with van der Waals surface area (Å²) < 4.78 is 0. The summed E-state index contributed by atoms with van der Waals surface area (Å²) >= 11 is 0. The molecule has 2 aromatic rings. The summed E-state index contributed by atoms with van der Waals surface area (Å²) in [6.45, 7) is 11.0. The summed E-state index contributed by atoms with van der Waals surface area (Å²) in [5, 5.41) is 2.92. The molecule has 0 atom stereocenters. The van der Waals surface area contributed by atoms with E-state index in [0.29, 0.717) is 30.5 Å². The van der Waals surface area contributed by atoms with Crippen molar-refractivity contribution in [3.63, 3.8) is 0 Å². The SMILES string of the molecule is CC(=O)N(CCNC(=O)c1ccccc1)c1c(C(C)C)cccc1C(C)C. The van der Waals surface area contributed by atoms with E-state index in [9.17, 15) is 9.59 Å². The maximum absolute atomic E-state index is 12.5. The smallest absolute Gasteiger partial charge is 0.251 e. The second kappa shape index (κ2) is 9.36. The van der Waals surface area contributed by atoms with E-state index in [1.54, 1.807) is 24.0 Å². The highest BCUT2D eigenvalue weighted by atomic mass is 16.2. The molecule has 2 aromatic carbocycles. The van der Waals surface area contributed by atoms with Gasteiger partial charge < -0.3 is 10.2 Å². The first-order valence-electron chi connectivity index (χ1n) is 9.57. The zero-order chi connectivity index (χ0) is 20.0. The molecule has 0 unspecified atom stereocenters. The standard InChI is InChI=1S/C23H30N2O2/c1-16(2)20-12-9-13-21(17(3)4)22(20)25(18(5)26)15-14-24-23(27)19-10-7-6-8-11-19/h6-13,16-17H,14-15H2,1-5H3,(H,24,27). The molecule has 144 valence electrons. The minimum atomic E-state index is -0.125. The lowest BCUT2D eigenvalue weighted by Gasteiger charge is -2.29. The second-order valence-corrected chi connectivity index (χ2v) is 7.39. The fourth-order valence-electron chi connectivity index (χ4n) is 3.22. The molecular formula is C23H30N2O2. The molecule has 0 saturated heterocycles. The summed E-state index contributed by atoms with van der Waals surface area (Å²) in [7, 11) is 0. The van der Waals surface area contributed by atoms with Gasteiger partial charge in [-0.1, -0.05) is 64.1 Å². The van der Waals surface area contributed by atoms with Crippen molar-refractivity contribution in [3.8, 4) is 0 Å². The van der Waals surface area contributed by atoms with E-state index < -0.39 is 0 Å². The Morgan fingerprint density at radius 2 is 1.44 bits per heavy atom. The van der Waals surface area contributed by atoms with E-state index in [2.05, 4.69) is 51.2 Å². The molecule has 0 bridgehead atoms. The predicted molar refractivity (Wildman–Crippen MR) is 111 cm³/mol. The van der Waals surface area contributed by atoms with Crippen LogP contribution in [0, 0.1) is 0 Å². The molecule has 2 amide bonds. The van der Waals surface area contributed by atoms with Crippen LogP contribution in [0.1, 0.15) is 67.9 Å². The second-order valence-electron chi connectivity index (χ2n) is 7.39. The third-order valence-electron chi connectivity index (χ3n) is 4.65. The van der Waals surface area contributed by atoms with Crippen molar-refractivity contribution in [1.82, 2.24) is 5.32 Å². The van der Waals surface area contributed by atoms with Gasteiger partial charge in [0.25, 0.3) is 5.91 Å². The number of rotatable bonds is 7. The zero-order valence-electron chi connectivity index (χ0n) is 17.0. The largest absolute Gasteiger partial charge is 0.350 e. The molecule has 0 radical (unpaired) electrons. The van der Waals surface area contributed by atoms with Crippen LogP contribution in [0.2, 0.25) is 0 Å². The number of carbonyl (C=O) groups excluding carboxylic acids is 2. The van der Waals surface area contributed by atoms with Crippen molar-refractivity contribution in [2.45, 2.75) is 46.5 Å². The van der Waals surface area contributed by atoms with Crippen LogP contribution in [0.4, 0.5) is 5.69 Å². The minimum Gasteiger partial charge on any atom is -0.350 e. The Bertz CT molecular complexity index is 756. The van der Waals surface area contributed by atoms with Crippen molar-refractivity contribution in [3.05, 3.63) is 65.2 Å². The Hall–Kier alpha value is -2.62. The van der Waals surface area contributed by atoms with E-state index in [1.807, 2.05) is 18.2 Å². The molecule has 0 spiro atoms. The lowest BCUT2D eigenvalue weighted by molar-refractivity contribution is -0.116. The van der Waals surface area contributed by atoms with Gasteiger partial charge in [-0.05, 0) is 35.1 Å². The van der Waals surface area contributed by atoms with Crippen LogP contribution in [-0.2, 0) is 4.79 Å². The number of anilines is 1. The fraction of sp³-hybridized carbons (Fsp3) is 0.391. The summed E-state index contributed by atoms with van der Waals surface area (Å²) in [6.07, 6.45) is 0. The quantitative estimate of drug-likeness (QED) is 0.771. The van der Waals surface area contributed by atoms with Crippen molar-refractivity contribution < 1.29 is 9.59 Å². The summed E-state index contributed by atoms with van der Waals surface area (Å²) in [4.78, 5) is 26.5. The van der Waals surface area contributed by atoms with E-state index in [1.165, 1.54) is 0 Å². The highest BCUT2D eigenvalue weighted by Gasteiger charge is 2.22. The number of carbonyl (C=O) groups is 2. The van der Waals surface area contributed by atoms with Gasteiger partial charge in [0, 0.05) is 25.6 Å². The summed E-state index contributed by atoms with van der Waals surface area (Å²) in [5.41, 5.74) is 3.93. The maximum atomic E-state index is 12.5. The Kier molecular flexibility index (Phi) is 7.17. The maximum Gasteiger partial charge on any atom is 0.251 e. The number of nitrogens with zero attached hydrogens (tertiary/aromatic N) is 1. The molecule has 0 aliphatic carbocycles. The molecule has 0 aliphatic heterocycles. The predicted octanol–water partition coefficient (Wildman–Crippen LogP) is 4.72. The molecular weight excluding hydrogens is 336 g/mol. The average Bonchev–Trinajstić information content (AvgIpc) is 2.64. The molecule has 4 nitrogen and oxygen atoms in total. The number of benzene rings is 2. The topological polar surface area (TPSA) is 49.4 Å². The van der Waals surface area contributed by atoms with Crippen molar-refractivity contribution in [2.75, 3.05) is 18.0 Å². The monoisotopic (exact) mass is 366 g/mol. The van der Waals surface area contributed by atoms with Crippen LogP contribution >= 0.6 is 0 Å². The van der Waals surface area contributed by atoms with Gasteiger partial charge in [-0.25, -0.2) is 0 Å². The van der Waals surface area contributed by atoms with Crippen LogP contribution in [-0.4, -0.2) is 24.9 Å². The van der Waals surface area contributed by atoms with Crippen molar-refractivity contribution in [1.29, 1.82) is 0 Å². The van der Waals surface area contributed by atoms with Crippen LogP contribution in [0.3, 0.4) is 0 Å². The molecule has 0 heterocycles. The number of nitrogens with one attached hydrogen (secondary N) is 1. The Labute approximate surface area is 162 Å². The molecule has 0 saturated carbocycles. The zero-order valence-corrected chi connectivity index (χ0v) is 17.0. The van der Waals surface area contributed by atoms with Crippen molar-refractivity contribution >= 4 is 17.5 Å². The minimum absolute atomic E-state index is 0.0149. The fourth-order valence-corrected chi connectivity index (χ4v) is 3.22. The third kappa shape index (κ3) is 5.19. The van der Waals surface area contributed by atoms with E-state index >= 15 is 0 Å². The average molecular weight is 367 g/mol. The van der Waals surface area contributed by atoms with Gasteiger partial charge in [-0.2, -0.15) is 0 Å². The number of amides is 2. The normalized spacial score (nSPS) is 10.9. The molecule has 0 aromatic heterocycles. The van der Waals surface area contributed by atoms with E-state index in [-0.39, 0.29) is 11.8 Å². The molecule has 1 N–H and O–H groups in total. The van der Waals surface area contributed by atoms with Gasteiger partial charge in [0.2, 0.25) is 5.91 Å². The summed E-state index contributed by atoms with van der Waals surface area (Å²) in [6, 6.07) is 15.4. The molecule has 0 fully saturated rings. The molecule has 27 heavy (non-hydrogen) atoms. The van der Waals surface area contributed by atoms with Gasteiger partial charge in [-0.3, -0.25) is 9.59 Å². The lowest BCUT2D eigenvalue weighted by atomic mass is 9.92. The van der Waals surface area contributed by atoms with Gasteiger partial charge in [0.15, 0.2) is 0 Å². The van der Waals surface area contributed by atoms with Crippen LogP contribution < -0.4 is 10.2 Å². The molecule has 4 heteroatoms. The first-order chi connectivity index (χ1) is 12.8. The highest BCUT2D eigenvalue weighted by Crippen LogP contribution is 2.35. The van der Waals surface area contributed by atoms with E-state index in [0.717, 1.165) is 16.8 Å². The number of hydrogen-bond donors (Lipinski definition) is 1. The molecule has 2 rings (SSSR count). The Morgan fingerprint density at radius 1 is 0.889 bits per heavy atom. The summed E-state index contributed by atoms with van der Waals surface area (Å²) in [5.74, 6) is 0.471. The molecule has 0 aliphatic rings. The van der Waals surface area contributed by atoms with Crippen LogP contribution in [0.5, 0.6) is 0 Å². The number of para-hydroxylation sites is 1. The van der Waals surface area contributed by atoms with Crippen LogP contribution in [0.15, 0.2) is 48.5 Å². The number of hydrogen-bond acceptors (Lipinski definition) is 2. The Morgan fingerprint density at radius 3 is 1.93 bits per heavy atom. The van der Waals surface area contributed by atoms with Gasteiger partial charge in [0.05, 0.1) is 5.69 Å². The Balaban J connectivity index is 2.23. The first kappa shape index (κ1) is 20.7. The third-order valence-corrected chi connectivity index (χ3v) is 4.65. The van der Waals surface area contributed by atoms with Gasteiger partial charge in [-0.15, -0.1) is 0 Å². The highest BCUT2D eigenvalue weighted by molar-refractivity contribution is 5.95. The first-order valence-corrected chi connectivity index (χ1v) is 9.57. The van der Waals surface area contributed by atoms with Crippen LogP contribution in [0.25, 0.3) is 0 Å². The van der Waals surface area contributed by atoms with E-state index in [4.69, 9.17) is 0 Å². The lowest BCUT2D eigenvalue weighted by Crippen LogP contribution is -2.38. The van der Waals surface area contributed by atoms with Crippen molar-refractivity contribution in [2.24, 2.45) is 0 Å².